The van der Waals surface area contributed by atoms with E-state index in [1.165, 1.54) is 88.7 Å². The maximum atomic E-state index is 3.53. The average molecular weight is 727 g/mol. The van der Waals surface area contributed by atoms with Crippen molar-refractivity contribution in [3.63, 3.8) is 0 Å². The Morgan fingerprint density at radius 2 is 1.35 bits per heavy atom. The second-order valence-electron chi connectivity index (χ2n) is 14.3. The van der Waals surface area contributed by atoms with Gasteiger partial charge < -0.3 is 24.8 Å². The summed E-state index contributed by atoms with van der Waals surface area (Å²) in [5, 5.41) is 0. The summed E-state index contributed by atoms with van der Waals surface area (Å²) in [6.07, 6.45) is 6.69. The van der Waals surface area contributed by atoms with Crippen LogP contribution in [-0.2, 0) is 41.5 Å². The van der Waals surface area contributed by atoms with Gasteiger partial charge in [-0.2, -0.15) is 41.0 Å². The van der Waals surface area contributed by atoms with Gasteiger partial charge in [0.05, 0.1) is 0 Å². The molecule has 0 heterocycles. The van der Waals surface area contributed by atoms with Gasteiger partial charge in [0.2, 0.25) is 0 Å². The Kier molecular flexibility index (Phi) is 14.5. The third-order valence-corrected chi connectivity index (χ3v) is 9.07. The Bertz CT molecular complexity index is 1620. The van der Waals surface area contributed by atoms with Crippen molar-refractivity contribution in [1.82, 2.24) is 0 Å². The van der Waals surface area contributed by atoms with E-state index in [1.807, 2.05) is 6.07 Å². The molecule has 0 aliphatic heterocycles. The molecule has 1 unspecified atom stereocenters. The van der Waals surface area contributed by atoms with Crippen molar-refractivity contribution < 1.29 is 49.0 Å². The third-order valence-electron chi connectivity index (χ3n) is 8.36. The van der Waals surface area contributed by atoms with Gasteiger partial charge in [0.15, 0.2) is 0 Å². The standard InChI is InChI=1S/C21H25.C13H13.C9H10.2ClH.Zr/c1-20(2,3)16-9-7-14-11-15-8-10-17(21(4,5)6)13-19(15)18(14)12-16;1-10-8-11(2)13(9-10)12-6-4-3-5-7-12;1-3-9-6-4-8(2)5-7-9;;;/h7,9-10,12-13H,11H2,1-6H3;3-7,9-10H,1-2H3;4-7H,1-2H3;2*1H;/q2*-1;;;;+2/p-2. The number of benzene rings is 4. The Labute approximate surface area is 307 Å². The van der Waals surface area contributed by atoms with E-state index < -0.39 is 0 Å². The molecule has 240 valence electrons. The quantitative estimate of drug-likeness (QED) is 0.220. The van der Waals surface area contributed by atoms with Gasteiger partial charge in [-0.05, 0) is 17.4 Å². The zero-order valence-corrected chi connectivity index (χ0v) is 33.2. The predicted molar refractivity (Wildman–Crippen MR) is 188 cm³/mol. The minimum absolute atomic E-state index is 0. The second kappa shape index (κ2) is 16.7. The van der Waals surface area contributed by atoms with Crippen LogP contribution in [0.4, 0.5) is 0 Å². The topological polar surface area (TPSA) is 0 Å². The van der Waals surface area contributed by atoms with E-state index in [-0.39, 0.29) is 35.6 Å². The summed E-state index contributed by atoms with van der Waals surface area (Å²) >= 11 is 1.51. The van der Waals surface area contributed by atoms with Crippen LogP contribution in [0.1, 0.15) is 101 Å². The van der Waals surface area contributed by atoms with Crippen molar-refractivity contribution in [1.29, 1.82) is 0 Å². The molecule has 0 saturated carbocycles. The molecule has 0 radical (unpaired) electrons. The first-order chi connectivity index (χ1) is 20.6. The first kappa shape index (κ1) is 39.9. The van der Waals surface area contributed by atoms with Gasteiger partial charge in [0.1, 0.15) is 0 Å². The van der Waals surface area contributed by atoms with Crippen LogP contribution < -0.4 is 24.8 Å². The molecular formula is C43H48Cl2Zr-2. The Morgan fingerprint density at radius 1 is 0.761 bits per heavy atom. The SMILES string of the molecule is CC(C)(C)c1c[c-]c2c(c1)-c1cc(C(C)(C)C)ccc1C2.CC1=[C-]C(C)C=C1c1ccccc1.C[C](=[Zr+2])c1ccc(C)cc1.[Cl-].[Cl-]. The molecule has 4 aromatic carbocycles. The monoisotopic (exact) mass is 724 g/mol. The Hall–Kier alpha value is -2.31. The minimum atomic E-state index is 0. The van der Waals surface area contributed by atoms with Crippen molar-refractivity contribution in [2.24, 2.45) is 5.92 Å². The van der Waals surface area contributed by atoms with Gasteiger partial charge in [-0.25, -0.2) is 5.57 Å². The Morgan fingerprint density at radius 3 is 1.87 bits per heavy atom. The van der Waals surface area contributed by atoms with Crippen LogP contribution in [0.25, 0.3) is 16.7 Å². The molecule has 0 saturated heterocycles. The molecule has 2 aliphatic rings. The van der Waals surface area contributed by atoms with Crippen LogP contribution in [0.2, 0.25) is 0 Å². The molecule has 4 aromatic rings. The number of rotatable bonds is 2. The summed E-state index contributed by atoms with van der Waals surface area (Å²) in [5.74, 6) is 0.468. The van der Waals surface area contributed by atoms with E-state index in [2.05, 4.69) is 166 Å². The van der Waals surface area contributed by atoms with Crippen molar-refractivity contribution in [2.45, 2.75) is 86.5 Å². The normalized spacial score (nSPS) is 14.5. The van der Waals surface area contributed by atoms with Crippen molar-refractivity contribution in [3.05, 3.63) is 148 Å². The van der Waals surface area contributed by atoms with Gasteiger partial charge in [-0.15, -0.1) is 11.1 Å². The third kappa shape index (κ3) is 10.3. The van der Waals surface area contributed by atoms with Gasteiger partial charge >= 0.3 is 76.7 Å². The maximum absolute atomic E-state index is 3.53. The summed E-state index contributed by atoms with van der Waals surface area (Å²) in [7, 11) is 0. The van der Waals surface area contributed by atoms with E-state index in [1.54, 1.807) is 0 Å². The molecular weight excluding hydrogens is 679 g/mol. The largest absolute Gasteiger partial charge is 1.00 e. The average Bonchev–Trinajstić information content (AvgIpc) is 3.51. The minimum Gasteiger partial charge on any atom is -1.00 e. The molecule has 46 heavy (non-hydrogen) atoms. The number of hydrogen-bond acceptors (Lipinski definition) is 0. The summed E-state index contributed by atoms with van der Waals surface area (Å²) < 4.78 is 1.46. The van der Waals surface area contributed by atoms with Crippen LogP contribution >= 0.6 is 0 Å². The fourth-order valence-electron chi connectivity index (χ4n) is 5.55. The van der Waals surface area contributed by atoms with Gasteiger partial charge in [-0.3, -0.25) is 6.08 Å². The summed E-state index contributed by atoms with van der Waals surface area (Å²) in [6, 6.07) is 34.2. The van der Waals surface area contributed by atoms with Crippen molar-refractivity contribution >= 4 is 8.78 Å². The molecule has 3 heteroatoms. The van der Waals surface area contributed by atoms with Crippen LogP contribution in [0.15, 0.2) is 96.6 Å². The molecule has 0 nitrogen and oxygen atoms in total. The summed E-state index contributed by atoms with van der Waals surface area (Å²) in [5.41, 5.74) is 15.4. The molecule has 0 amide bonds. The smallest absolute Gasteiger partial charge is 1.00 e. The van der Waals surface area contributed by atoms with E-state index >= 15 is 0 Å². The van der Waals surface area contributed by atoms with Crippen LogP contribution in [0, 0.1) is 25.0 Å². The van der Waals surface area contributed by atoms with Gasteiger partial charge in [0.25, 0.3) is 0 Å². The molecule has 0 fully saturated rings. The van der Waals surface area contributed by atoms with E-state index in [0.29, 0.717) is 5.92 Å². The van der Waals surface area contributed by atoms with E-state index in [9.17, 15) is 0 Å². The molecule has 0 aromatic heterocycles. The molecule has 1 atom stereocenters. The second-order valence-corrected chi connectivity index (χ2v) is 16.2. The fraction of sp³-hybridized carbons (Fsp3) is 0.326. The number of aryl methyl sites for hydroxylation is 1. The van der Waals surface area contributed by atoms with E-state index in [0.717, 1.165) is 6.42 Å². The predicted octanol–water partition coefficient (Wildman–Crippen LogP) is 5.21. The van der Waals surface area contributed by atoms with E-state index in [4.69, 9.17) is 0 Å². The number of allylic oxidation sites excluding steroid dienone is 4. The molecule has 0 bridgehead atoms. The first-order valence-corrected chi connectivity index (χ1v) is 17.0. The van der Waals surface area contributed by atoms with Crippen LogP contribution in [-0.4, -0.2) is 3.21 Å². The van der Waals surface area contributed by atoms with Gasteiger partial charge in [-0.1, -0.05) is 126 Å². The number of fused-ring (bicyclic) bond motifs is 3. The molecule has 2 aliphatic carbocycles. The van der Waals surface area contributed by atoms with Crippen molar-refractivity contribution in [3.8, 4) is 11.1 Å². The number of hydrogen-bond donors (Lipinski definition) is 0. The Balaban J connectivity index is 0.000000254. The van der Waals surface area contributed by atoms with Crippen molar-refractivity contribution in [2.75, 3.05) is 0 Å². The summed E-state index contributed by atoms with van der Waals surface area (Å²) in [6.45, 7) is 22.2. The maximum Gasteiger partial charge on any atom is -1.00 e. The number of halogens is 2. The molecule has 0 spiro atoms. The first-order valence-electron chi connectivity index (χ1n) is 15.8. The zero-order chi connectivity index (χ0) is 32.2. The molecule has 6 rings (SSSR count). The van der Waals surface area contributed by atoms with Crippen LogP contribution in [0.5, 0.6) is 0 Å². The summed E-state index contributed by atoms with van der Waals surface area (Å²) in [4.78, 5) is 0. The zero-order valence-electron chi connectivity index (χ0n) is 29.2. The van der Waals surface area contributed by atoms with Crippen LogP contribution in [0.3, 0.4) is 0 Å². The molecule has 0 N–H and O–H groups in total. The fourth-order valence-corrected chi connectivity index (χ4v) is 5.96. The van der Waals surface area contributed by atoms with Gasteiger partial charge in [0, 0.05) is 0 Å².